The number of nitrogens with zero attached hydrogens (tertiary/aromatic N) is 1. The number of aryl methyl sites for hydroxylation is 3. The van der Waals surface area contributed by atoms with Gasteiger partial charge in [-0.15, -0.1) is 0 Å². The summed E-state index contributed by atoms with van der Waals surface area (Å²) < 4.78 is 0. The van der Waals surface area contributed by atoms with Crippen molar-refractivity contribution in [3.63, 3.8) is 0 Å². The van der Waals surface area contributed by atoms with Gasteiger partial charge in [0.05, 0.1) is 6.10 Å². The van der Waals surface area contributed by atoms with Crippen LogP contribution in [0.2, 0.25) is 0 Å². The fourth-order valence-corrected chi connectivity index (χ4v) is 2.63. The second-order valence-electron chi connectivity index (χ2n) is 5.29. The van der Waals surface area contributed by atoms with Crippen molar-refractivity contribution < 1.29 is 5.11 Å². The third-order valence-corrected chi connectivity index (χ3v) is 3.50. The van der Waals surface area contributed by atoms with Gasteiger partial charge in [-0.2, -0.15) is 0 Å². The second kappa shape index (κ2) is 5.98. The first-order valence-corrected chi connectivity index (χ1v) is 6.70. The first kappa shape index (κ1) is 13.8. The van der Waals surface area contributed by atoms with E-state index < -0.39 is 0 Å². The number of aromatic nitrogens is 1. The first-order valence-electron chi connectivity index (χ1n) is 6.70. The molecule has 1 unspecified atom stereocenters. The van der Waals surface area contributed by atoms with Crippen LogP contribution >= 0.6 is 0 Å². The Labute approximate surface area is 115 Å². The lowest BCUT2D eigenvalue weighted by molar-refractivity contribution is 0.175. The Hall–Kier alpha value is -1.67. The molecule has 0 saturated heterocycles. The molecule has 0 radical (unpaired) electrons. The zero-order valence-electron chi connectivity index (χ0n) is 11.9. The third-order valence-electron chi connectivity index (χ3n) is 3.50. The number of hydrogen-bond acceptors (Lipinski definition) is 2. The normalized spacial score (nSPS) is 12.4. The minimum absolute atomic E-state index is 0.345. The molecule has 19 heavy (non-hydrogen) atoms. The minimum atomic E-state index is -0.345. The highest BCUT2D eigenvalue weighted by Gasteiger charge is 2.11. The second-order valence-corrected chi connectivity index (χ2v) is 5.29. The van der Waals surface area contributed by atoms with Crippen molar-refractivity contribution in [1.82, 2.24) is 4.98 Å². The fraction of sp³-hybridized carbons (Fsp3) is 0.353. The maximum atomic E-state index is 10.3. The molecule has 0 saturated carbocycles. The average molecular weight is 255 g/mol. The molecule has 100 valence electrons. The highest BCUT2D eigenvalue weighted by atomic mass is 16.3. The van der Waals surface area contributed by atoms with Gasteiger partial charge in [-0.1, -0.05) is 17.7 Å². The smallest absolute Gasteiger partial charge is 0.0621 e. The number of aliphatic hydroxyl groups is 1. The number of pyridine rings is 1. The van der Waals surface area contributed by atoms with Crippen LogP contribution in [0.1, 0.15) is 27.8 Å². The molecule has 0 spiro atoms. The van der Waals surface area contributed by atoms with Crippen LogP contribution in [0.4, 0.5) is 0 Å². The highest BCUT2D eigenvalue weighted by Crippen LogP contribution is 2.19. The fourth-order valence-electron chi connectivity index (χ4n) is 2.63. The Morgan fingerprint density at radius 1 is 1.00 bits per heavy atom. The summed E-state index contributed by atoms with van der Waals surface area (Å²) in [5, 5.41) is 10.3. The van der Waals surface area contributed by atoms with Gasteiger partial charge in [0.25, 0.3) is 0 Å². The van der Waals surface area contributed by atoms with Crippen LogP contribution in [-0.2, 0) is 12.8 Å². The third kappa shape index (κ3) is 3.65. The van der Waals surface area contributed by atoms with Gasteiger partial charge in [-0.25, -0.2) is 0 Å². The van der Waals surface area contributed by atoms with Crippen LogP contribution in [0.25, 0.3) is 0 Å². The van der Waals surface area contributed by atoms with Crippen molar-refractivity contribution >= 4 is 0 Å². The molecule has 0 fully saturated rings. The minimum Gasteiger partial charge on any atom is -0.392 e. The quantitative estimate of drug-likeness (QED) is 0.910. The van der Waals surface area contributed by atoms with Crippen molar-refractivity contribution in [3.05, 3.63) is 64.5 Å². The zero-order chi connectivity index (χ0) is 13.8. The summed E-state index contributed by atoms with van der Waals surface area (Å²) >= 11 is 0. The molecule has 0 aliphatic heterocycles. The average Bonchev–Trinajstić information content (AvgIpc) is 2.35. The summed E-state index contributed by atoms with van der Waals surface area (Å²) in [5.41, 5.74) is 6.22. The number of hydrogen-bond donors (Lipinski definition) is 1. The van der Waals surface area contributed by atoms with Crippen molar-refractivity contribution in [2.24, 2.45) is 0 Å². The standard InChI is InChI=1S/C17H21NO/c1-12-8-13(2)17(14(3)9-12)11-16(19)10-15-4-6-18-7-5-15/h4-9,16,19H,10-11H2,1-3H3. The van der Waals surface area contributed by atoms with Gasteiger partial charge in [-0.05, 0) is 68.0 Å². The molecule has 1 N–H and O–H groups in total. The summed E-state index contributed by atoms with van der Waals surface area (Å²) in [6.45, 7) is 6.35. The summed E-state index contributed by atoms with van der Waals surface area (Å²) in [7, 11) is 0. The molecule has 2 aromatic rings. The number of rotatable bonds is 4. The molecule has 1 heterocycles. The van der Waals surface area contributed by atoms with Crippen molar-refractivity contribution in [2.45, 2.75) is 39.7 Å². The van der Waals surface area contributed by atoms with E-state index >= 15 is 0 Å². The molecule has 0 amide bonds. The predicted molar refractivity (Wildman–Crippen MR) is 78.3 cm³/mol. The van der Waals surface area contributed by atoms with Crippen LogP contribution < -0.4 is 0 Å². The summed E-state index contributed by atoms with van der Waals surface area (Å²) in [6, 6.07) is 8.28. The summed E-state index contributed by atoms with van der Waals surface area (Å²) in [6.07, 6.45) is 4.58. The van der Waals surface area contributed by atoms with Crippen LogP contribution in [0.15, 0.2) is 36.7 Å². The Balaban J connectivity index is 2.09. The van der Waals surface area contributed by atoms with Crippen molar-refractivity contribution in [1.29, 1.82) is 0 Å². The Morgan fingerprint density at radius 3 is 2.16 bits per heavy atom. The van der Waals surface area contributed by atoms with Crippen molar-refractivity contribution in [2.75, 3.05) is 0 Å². The summed E-state index contributed by atoms with van der Waals surface area (Å²) in [4.78, 5) is 3.99. The van der Waals surface area contributed by atoms with Gasteiger partial charge in [0, 0.05) is 12.4 Å². The molecule has 1 atom stereocenters. The highest BCUT2D eigenvalue weighted by molar-refractivity contribution is 5.38. The van der Waals surface area contributed by atoms with E-state index in [0.717, 1.165) is 5.56 Å². The van der Waals surface area contributed by atoms with E-state index in [0.29, 0.717) is 12.8 Å². The van der Waals surface area contributed by atoms with Gasteiger partial charge < -0.3 is 5.11 Å². The van der Waals surface area contributed by atoms with Gasteiger partial charge in [-0.3, -0.25) is 4.98 Å². The number of benzene rings is 1. The zero-order valence-corrected chi connectivity index (χ0v) is 11.9. The van der Waals surface area contributed by atoms with E-state index in [2.05, 4.69) is 37.9 Å². The molecular formula is C17H21NO. The van der Waals surface area contributed by atoms with Crippen LogP contribution in [0.3, 0.4) is 0 Å². The largest absolute Gasteiger partial charge is 0.392 e. The lowest BCUT2D eigenvalue weighted by Gasteiger charge is -2.15. The van der Waals surface area contributed by atoms with Crippen molar-refractivity contribution in [3.8, 4) is 0 Å². The SMILES string of the molecule is Cc1cc(C)c(CC(O)Cc2ccncc2)c(C)c1. The molecule has 1 aromatic heterocycles. The van der Waals surface area contributed by atoms with Gasteiger partial charge >= 0.3 is 0 Å². The van der Waals surface area contributed by atoms with E-state index in [9.17, 15) is 5.11 Å². The summed E-state index contributed by atoms with van der Waals surface area (Å²) in [5.74, 6) is 0. The Morgan fingerprint density at radius 2 is 1.58 bits per heavy atom. The molecule has 0 bridgehead atoms. The molecular weight excluding hydrogens is 234 g/mol. The van der Waals surface area contributed by atoms with E-state index in [-0.39, 0.29) is 6.10 Å². The lowest BCUT2D eigenvalue weighted by atomic mass is 9.93. The van der Waals surface area contributed by atoms with E-state index in [1.165, 1.54) is 22.3 Å². The molecule has 2 heteroatoms. The molecule has 2 nitrogen and oxygen atoms in total. The monoisotopic (exact) mass is 255 g/mol. The maximum Gasteiger partial charge on any atom is 0.0621 e. The molecule has 0 aliphatic carbocycles. The van der Waals surface area contributed by atoms with Gasteiger partial charge in [0.15, 0.2) is 0 Å². The van der Waals surface area contributed by atoms with Crippen LogP contribution in [-0.4, -0.2) is 16.2 Å². The topological polar surface area (TPSA) is 33.1 Å². The van der Waals surface area contributed by atoms with E-state index in [1.54, 1.807) is 12.4 Å². The lowest BCUT2D eigenvalue weighted by Crippen LogP contribution is -2.15. The van der Waals surface area contributed by atoms with Gasteiger partial charge in [0.2, 0.25) is 0 Å². The van der Waals surface area contributed by atoms with E-state index in [4.69, 9.17) is 0 Å². The Bertz CT molecular complexity index is 525. The van der Waals surface area contributed by atoms with Crippen LogP contribution in [0.5, 0.6) is 0 Å². The first-order chi connectivity index (χ1) is 9.06. The van der Waals surface area contributed by atoms with Gasteiger partial charge in [0.1, 0.15) is 0 Å². The molecule has 2 rings (SSSR count). The molecule has 1 aromatic carbocycles. The maximum absolute atomic E-state index is 10.3. The predicted octanol–water partition coefficient (Wildman–Crippen LogP) is 3.15. The number of aliphatic hydroxyl groups excluding tert-OH is 1. The van der Waals surface area contributed by atoms with Crippen LogP contribution in [0, 0.1) is 20.8 Å². The van der Waals surface area contributed by atoms with E-state index in [1.807, 2.05) is 12.1 Å². The molecule has 0 aliphatic rings. The Kier molecular flexibility index (Phi) is 4.33.